The topological polar surface area (TPSA) is 97.8 Å². The van der Waals surface area contributed by atoms with Crippen LogP contribution in [0.1, 0.15) is 24.0 Å². The van der Waals surface area contributed by atoms with Crippen molar-refractivity contribution in [3.05, 3.63) is 77.9 Å². The van der Waals surface area contributed by atoms with E-state index in [0.717, 1.165) is 16.8 Å². The highest BCUT2D eigenvalue weighted by Gasteiger charge is 2.21. The van der Waals surface area contributed by atoms with Crippen LogP contribution in [0.15, 0.2) is 60.8 Å². The molecule has 29 heavy (non-hydrogen) atoms. The molecule has 142 valence electrons. The number of pyridine rings is 2. The molecule has 3 aromatic heterocycles. The number of aliphatic hydroxyl groups is 1. The molecule has 0 bridgehead atoms. The summed E-state index contributed by atoms with van der Waals surface area (Å²) in [4.78, 5) is 17.4. The van der Waals surface area contributed by atoms with Gasteiger partial charge in [-0.1, -0.05) is 30.0 Å². The first kappa shape index (κ1) is 18.5. The van der Waals surface area contributed by atoms with Crippen LogP contribution in [0.2, 0.25) is 0 Å². The molecular weight excluding hydrogens is 362 g/mol. The molecular formula is C23H19N5O. The summed E-state index contributed by atoms with van der Waals surface area (Å²) in [6, 6.07) is 16.8. The normalized spacial score (nSPS) is 12.8. The molecule has 0 aliphatic heterocycles. The smallest absolute Gasteiger partial charge is 0.165 e. The van der Waals surface area contributed by atoms with Gasteiger partial charge in [-0.05, 0) is 50.2 Å². The summed E-state index contributed by atoms with van der Waals surface area (Å²) in [6.45, 7) is 3.42. The first-order chi connectivity index (χ1) is 13.9. The Labute approximate surface area is 168 Å². The van der Waals surface area contributed by atoms with E-state index >= 15 is 0 Å². The molecule has 0 spiro atoms. The zero-order valence-corrected chi connectivity index (χ0v) is 16.1. The third-order valence-electron chi connectivity index (χ3n) is 4.45. The average molecular weight is 381 g/mol. The van der Waals surface area contributed by atoms with Crippen molar-refractivity contribution in [2.45, 2.75) is 19.4 Å². The van der Waals surface area contributed by atoms with Crippen molar-refractivity contribution in [1.82, 2.24) is 19.9 Å². The molecule has 0 amide bonds. The summed E-state index contributed by atoms with van der Waals surface area (Å²) in [5, 5.41) is 10.6. The van der Waals surface area contributed by atoms with Crippen LogP contribution in [0.25, 0.3) is 22.3 Å². The second kappa shape index (κ2) is 7.30. The first-order valence-corrected chi connectivity index (χ1v) is 9.11. The minimum Gasteiger partial charge on any atom is -0.382 e. The Kier molecular flexibility index (Phi) is 4.67. The molecule has 0 fully saturated rings. The lowest BCUT2D eigenvalue weighted by molar-refractivity contribution is 0.117. The highest BCUT2D eigenvalue weighted by molar-refractivity contribution is 5.86. The van der Waals surface area contributed by atoms with E-state index in [4.69, 9.17) is 5.73 Å². The van der Waals surface area contributed by atoms with Gasteiger partial charge in [0, 0.05) is 17.3 Å². The number of nitrogens with zero attached hydrogens (tertiary/aromatic N) is 4. The van der Waals surface area contributed by atoms with Crippen LogP contribution in [-0.2, 0) is 5.60 Å². The molecule has 1 aromatic carbocycles. The van der Waals surface area contributed by atoms with Crippen molar-refractivity contribution in [1.29, 1.82) is 0 Å². The molecule has 0 aliphatic carbocycles. The summed E-state index contributed by atoms with van der Waals surface area (Å²) >= 11 is 0. The van der Waals surface area contributed by atoms with Gasteiger partial charge >= 0.3 is 0 Å². The zero-order valence-electron chi connectivity index (χ0n) is 16.1. The van der Waals surface area contributed by atoms with Crippen LogP contribution in [0.5, 0.6) is 0 Å². The van der Waals surface area contributed by atoms with Crippen LogP contribution in [0.4, 0.5) is 5.82 Å². The lowest BCUT2D eigenvalue weighted by atomic mass is 10.0. The van der Waals surface area contributed by atoms with E-state index in [1.54, 1.807) is 32.2 Å². The molecule has 4 rings (SSSR count). The highest BCUT2D eigenvalue weighted by atomic mass is 16.3. The van der Waals surface area contributed by atoms with Gasteiger partial charge in [0.1, 0.15) is 11.3 Å². The van der Waals surface area contributed by atoms with E-state index in [0.29, 0.717) is 28.4 Å². The SMILES string of the molecule is Cc1nc(N)c2nc(-c3cccc(C#C[C@](C)(O)c4ccccn4)c3)ccc2n1. The van der Waals surface area contributed by atoms with Gasteiger partial charge in [-0.25, -0.2) is 15.0 Å². The number of aromatic nitrogens is 4. The Hall–Kier alpha value is -3.82. The number of nitrogens with two attached hydrogens (primary N) is 1. The van der Waals surface area contributed by atoms with Gasteiger partial charge in [-0.3, -0.25) is 4.98 Å². The number of hydrogen-bond donors (Lipinski definition) is 2. The summed E-state index contributed by atoms with van der Waals surface area (Å²) in [5.41, 5.74) is 8.85. The molecule has 6 heteroatoms. The molecule has 0 saturated carbocycles. The number of fused-ring (bicyclic) bond motifs is 1. The van der Waals surface area contributed by atoms with Gasteiger partial charge in [0.25, 0.3) is 0 Å². The maximum absolute atomic E-state index is 10.6. The molecule has 0 aliphatic rings. The number of hydrogen-bond acceptors (Lipinski definition) is 6. The molecule has 6 nitrogen and oxygen atoms in total. The Bertz CT molecular complexity index is 1260. The average Bonchev–Trinajstić information content (AvgIpc) is 2.73. The maximum Gasteiger partial charge on any atom is 0.165 e. The molecule has 0 unspecified atom stereocenters. The second-order valence-corrected chi connectivity index (χ2v) is 6.84. The fourth-order valence-corrected chi connectivity index (χ4v) is 2.98. The van der Waals surface area contributed by atoms with Crippen molar-refractivity contribution in [3.63, 3.8) is 0 Å². The molecule has 3 N–H and O–H groups in total. The van der Waals surface area contributed by atoms with E-state index in [-0.39, 0.29) is 0 Å². The van der Waals surface area contributed by atoms with Gasteiger partial charge in [0.15, 0.2) is 11.4 Å². The molecule has 1 atom stereocenters. The second-order valence-electron chi connectivity index (χ2n) is 6.84. The Morgan fingerprint density at radius 2 is 1.86 bits per heavy atom. The zero-order chi connectivity index (χ0) is 20.4. The summed E-state index contributed by atoms with van der Waals surface area (Å²) in [5.74, 6) is 6.90. The number of aryl methyl sites for hydroxylation is 1. The van der Waals surface area contributed by atoms with E-state index in [1.807, 2.05) is 42.5 Å². The number of anilines is 1. The predicted molar refractivity (Wildman–Crippen MR) is 113 cm³/mol. The van der Waals surface area contributed by atoms with Crippen molar-refractivity contribution >= 4 is 16.9 Å². The number of benzene rings is 1. The van der Waals surface area contributed by atoms with Crippen LogP contribution in [-0.4, -0.2) is 25.0 Å². The monoisotopic (exact) mass is 381 g/mol. The van der Waals surface area contributed by atoms with Gasteiger partial charge in [0.2, 0.25) is 0 Å². The lowest BCUT2D eigenvalue weighted by Gasteiger charge is -2.14. The Morgan fingerprint density at radius 3 is 2.66 bits per heavy atom. The maximum atomic E-state index is 10.6. The van der Waals surface area contributed by atoms with Crippen molar-refractivity contribution in [2.24, 2.45) is 0 Å². The number of nitrogen functional groups attached to an aromatic ring is 1. The van der Waals surface area contributed by atoms with Crippen molar-refractivity contribution < 1.29 is 5.11 Å². The van der Waals surface area contributed by atoms with Crippen LogP contribution >= 0.6 is 0 Å². The first-order valence-electron chi connectivity index (χ1n) is 9.11. The van der Waals surface area contributed by atoms with E-state index in [1.165, 1.54) is 0 Å². The Balaban J connectivity index is 1.69. The van der Waals surface area contributed by atoms with Gasteiger partial charge < -0.3 is 10.8 Å². The van der Waals surface area contributed by atoms with Crippen molar-refractivity contribution in [2.75, 3.05) is 5.73 Å². The fraction of sp³-hybridized carbons (Fsp3) is 0.130. The predicted octanol–water partition coefficient (Wildman–Crippen LogP) is 3.24. The van der Waals surface area contributed by atoms with Crippen LogP contribution in [0, 0.1) is 18.8 Å². The quantitative estimate of drug-likeness (QED) is 0.517. The Morgan fingerprint density at radius 1 is 1.00 bits per heavy atom. The standard InChI is InChI=1S/C23H19N5O/c1-15-26-19-10-9-18(28-21(19)22(24)27-15)17-7-5-6-16(14-17)11-12-23(2,29)20-8-3-4-13-25-20/h3-10,13-14,29H,1-2H3,(H2,24,26,27)/t23-/m0/s1. The van der Waals surface area contributed by atoms with E-state index in [9.17, 15) is 5.11 Å². The van der Waals surface area contributed by atoms with Crippen LogP contribution in [0.3, 0.4) is 0 Å². The third-order valence-corrected chi connectivity index (χ3v) is 4.45. The minimum atomic E-state index is -1.35. The molecule has 3 heterocycles. The van der Waals surface area contributed by atoms with Crippen molar-refractivity contribution in [3.8, 4) is 23.1 Å². The molecule has 4 aromatic rings. The van der Waals surface area contributed by atoms with Gasteiger partial charge in [0.05, 0.1) is 16.9 Å². The minimum absolute atomic E-state index is 0.358. The third kappa shape index (κ3) is 3.91. The summed E-state index contributed by atoms with van der Waals surface area (Å²) in [6.07, 6.45) is 1.63. The summed E-state index contributed by atoms with van der Waals surface area (Å²) < 4.78 is 0. The largest absolute Gasteiger partial charge is 0.382 e. The number of rotatable bonds is 2. The fourth-order valence-electron chi connectivity index (χ4n) is 2.98. The van der Waals surface area contributed by atoms with Crippen LogP contribution < -0.4 is 5.73 Å². The van der Waals surface area contributed by atoms with Gasteiger partial charge in [-0.15, -0.1) is 0 Å². The highest BCUT2D eigenvalue weighted by Crippen LogP contribution is 2.23. The van der Waals surface area contributed by atoms with E-state index in [2.05, 4.69) is 31.8 Å². The van der Waals surface area contributed by atoms with Gasteiger partial charge in [-0.2, -0.15) is 0 Å². The lowest BCUT2D eigenvalue weighted by Crippen LogP contribution is -2.19. The molecule has 0 radical (unpaired) electrons. The molecule has 0 saturated heterocycles. The van der Waals surface area contributed by atoms with E-state index < -0.39 is 5.60 Å². The summed E-state index contributed by atoms with van der Waals surface area (Å²) in [7, 11) is 0.